The first kappa shape index (κ1) is 21.2. The van der Waals surface area contributed by atoms with E-state index < -0.39 is 5.41 Å². The van der Waals surface area contributed by atoms with E-state index in [9.17, 15) is 9.59 Å². The molecule has 3 aromatic rings. The molecule has 0 spiro atoms. The first-order valence-electron chi connectivity index (χ1n) is 10.4. The highest BCUT2D eigenvalue weighted by Crippen LogP contribution is 2.36. The van der Waals surface area contributed by atoms with E-state index in [1.807, 2.05) is 47.0 Å². The van der Waals surface area contributed by atoms with Crippen LogP contribution in [-0.4, -0.2) is 41.0 Å². The Morgan fingerprint density at radius 3 is 2.65 bits per heavy atom. The second-order valence-electron chi connectivity index (χ2n) is 8.39. The Bertz CT molecular complexity index is 1110. The molecule has 1 saturated heterocycles. The number of nitrogens with two attached hydrogens (primary N) is 1. The third kappa shape index (κ3) is 4.54. The zero-order valence-electron chi connectivity index (χ0n) is 17.5. The highest BCUT2D eigenvalue weighted by atomic mass is 35.5. The number of rotatable bonds is 6. The predicted molar refractivity (Wildman–Crippen MR) is 121 cm³/mol. The molecule has 31 heavy (non-hydrogen) atoms. The maximum atomic E-state index is 13.5. The molecular formula is C24H26ClN3O3. The highest BCUT2D eigenvalue weighted by Gasteiger charge is 2.40. The first-order chi connectivity index (χ1) is 14.9. The summed E-state index contributed by atoms with van der Waals surface area (Å²) < 4.78 is 7.97. The van der Waals surface area contributed by atoms with Gasteiger partial charge in [-0.15, -0.1) is 0 Å². The standard InChI is InChI=1S/C24H26ClN3O3/c1-27-14-20(19-5-2-3-6-21(19)27)23(30)28-12-4-11-24(15-28,13-22(26)29)16-31-18-9-7-17(25)8-10-18/h2-3,5-10,14H,4,11-13,15-16H2,1H3,(H2,26,29)/t24-/m1/s1. The summed E-state index contributed by atoms with van der Waals surface area (Å²) in [4.78, 5) is 27.2. The monoisotopic (exact) mass is 439 g/mol. The van der Waals surface area contributed by atoms with Gasteiger partial charge in [0.25, 0.3) is 5.91 Å². The van der Waals surface area contributed by atoms with E-state index >= 15 is 0 Å². The van der Waals surface area contributed by atoms with Crippen molar-refractivity contribution < 1.29 is 14.3 Å². The number of carbonyl (C=O) groups excluding carboxylic acids is 2. The van der Waals surface area contributed by atoms with Crippen LogP contribution in [0.1, 0.15) is 29.6 Å². The van der Waals surface area contributed by atoms with Gasteiger partial charge in [-0.2, -0.15) is 0 Å². The second kappa shape index (κ2) is 8.63. The van der Waals surface area contributed by atoms with Crippen LogP contribution >= 0.6 is 11.6 Å². The summed E-state index contributed by atoms with van der Waals surface area (Å²) in [6, 6.07) is 15.0. The van der Waals surface area contributed by atoms with Gasteiger partial charge in [0.1, 0.15) is 5.75 Å². The van der Waals surface area contributed by atoms with Crippen molar-refractivity contribution in [2.75, 3.05) is 19.7 Å². The van der Waals surface area contributed by atoms with E-state index in [0.29, 0.717) is 36.0 Å². The van der Waals surface area contributed by atoms with Gasteiger partial charge in [0.15, 0.2) is 0 Å². The molecule has 1 aliphatic heterocycles. The Hall–Kier alpha value is -2.99. The van der Waals surface area contributed by atoms with Crippen molar-refractivity contribution in [2.24, 2.45) is 18.2 Å². The fraction of sp³-hybridized carbons (Fsp3) is 0.333. The fourth-order valence-corrected chi connectivity index (χ4v) is 4.64. The molecular weight excluding hydrogens is 414 g/mol. The Kier molecular flexibility index (Phi) is 5.92. The highest BCUT2D eigenvalue weighted by molar-refractivity contribution is 6.30. The van der Waals surface area contributed by atoms with Crippen LogP contribution < -0.4 is 10.5 Å². The van der Waals surface area contributed by atoms with Gasteiger partial charge in [-0.3, -0.25) is 9.59 Å². The van der Waals surface area contributed by atoms with Gasteiger partial charge in [-0.05, 0) is 43.2 Å². The Balaban J connectivity index is 1.57. The number of piperidine rings is 1. The number of para-hydroxylation sites is 1. The molecule has 7 heteroatoms. The van der Waals surface area contributed by atoms with Crippen molar-refractivity contribution in [1.82, 2.24) is 9.47 Å². The molecule has 1 atom stereocenters. The Morgan fingerprint density at radius 2 is 1.90 bits per heavy atom. The number of aryl methyl sites for hydroxylation is 1. The number of hydrogen-bond donors (Lipinski definition) is 1. The zero-order chi connectivity index (χ0) is 22.0. The SMILES string of the molecule is Cn1cc(C(=O)N2CCC[C@@](COc3ccc(Cl)cc3)(CC(N)=O)C2)c2ccccc21. The minimum atomic E-state index is -0.524. The van der Waals surface area contributed by atoms with Crippen molar-refractivity contribution in [3.8, 4) is 5.75 Å². The summed E-state index contributed by atoms with van der Waals surface area (Å²) in [6.45, 7) is 1.37. The number of likely N-dealkylation sites (tertiary alicyclic amines) is 1. The molecule has 6 nitrogen and oxygen atoms in total. The van der Waals surface area contributed by atoms with Crippen molar-refractivity contribution >= 4 is 34.3 Å². The number of nitrogens with zero attached hydrogens (tertiary/aromatic N) is 2. The normalized spacial score (nSPS) is 18.8. The van der Waals surface area contributed by atoms with Crippen LogP contribution in [0, 0.1) is 5.41 Å². The Morgan fingerprint density at radius 1 is 1.16 bits per heavy atom. The van der Waals surface area contributed by atoms with Gasteiger partial charge in [0.2, 0.25) is 5.91 Å². The van der Waals surface area contributed by atoms with Crippen LogP contribution in [0.5, 0.6) is 5.75 Å². The number of carbonyl (C=O) groups is 2. The molecule has 0 radical (unpaired) electrons. The minimum absolute atomic E-state index is 0.0307. The molecule has 1 fully saturated rings. The van der Waals surface area contributed by atoms with Gasteiger partial charge >= 0.3 is 0 Å². The van der Waals surface area contributed by atoms with E-state index in [0.717, 1.165) is 23.7 Å². The summed E-state index contributed by atoms with van der Waals surface area (Å²) >= 11 is 5.95. The van der Waals surface area contributed by atoms with Crippen molar-refractivity contribution in [1.29, 1.82) is 0 Å². The molecule has 2 N–H and O–H groups in total. The summed E-state index contributed by atoms with van der Waals surface area (Å²) in [5, 5.41) is 1.56. The number of benzene rings is 2. The van der Waals surface area contributed by atoms with Crippen molar-refractivity contribution in [3.05, 3.63) is 65.3 Å². The van der Waals surface area contributed by atoms with Gasteiger partial charge in [0.05, 0.1) is 12.2 Å². The number of fused-ring (bicyclic) bond motifs is 1. The molecule has 0 unspecified atom stereocenters. The molecule has 0 aliphatic carbocycles. The van der Waals surface area contributed by atoms with E-state index in [1.165, 1.54) is 0 Å². The smallest absolute Gasteiger partial charge is 0.256 e. The lowest BCUT2D eigenvalue weighted by Gasteiger charge is -2.42. The number of ether oxygens (including phenoxy) is 1. The lowest BCUT2D eigenvalue weighted by molar-refractivity contribution is -0.122. The maximum Gasteiger partial charge on any atom is 0.256 e. The molecule has 4 rings (SSSR count). The van der Waals surface area contributed by atoms with Crippen LogP contribution in [0.3, 0.4) is 0 Å². The largest absolute Gasteiger partial charge is 0.493 e. The predicted octanol–water partition coefficient (Wildman–Crippen LogP) is 4.01. The third-order valence-corrected chi connectivity index (χ3v) is 6.24. The van der Waals surface area contributed by atoms with Gasteiger partial charge in [-0.25, -0.2) is 0 Å². The number of amides is 2. The molecule has 0 saturated carbocycles. The van der Waals surface area contributed by atoms with E-state index in [1.54, 1.807) is 24.3 Å². The van der Waals surface area contributed by atoms with Crippen LogP contribution in [0.4, 0.5) is 0 Å². The number of primary amides is 1. The van der Waals surface area contributed by atoms with E-state index in [2.05, 4.69) is 0 Å². The average Bonchev–Trinajstić information content (AvgIpc) is 3.09. The summed E-state index contributed by atoms with van der Waals surface area (Å²) in [5.41, 5.74) is 6.75. The minimum Gasteiger partial charge on any atom is -0.493 e. The molecule has 2 heterocycles. The number of hydrogen-bond acceptors (Lipinski definition) is 3. The summed E-state index contributed by atoms with van der Waals surface area (Å²) in [6.07, 6.45) is 3.60. The second-order valence-corrected chi connectivity index (χ2v) is 8.82. The summed E-state index contributed by atoms with van der Waals surface area (Å²) in [7, 11) is 1.94. The van der Waals surface area contributed by atoms with Gasteiger partial charge < -0.3 is 19.9 Å². The molecule has 1 aliphatic rings. The quantitative estimate of drug-likeness (QED) is 0.630. The third-order valence-electron chi connectivity index (χ3n) is 5.98. The lowest BCUT2D eigenvalue weighted by Crippen LogP contribution is -2.50. The van der Waals surface area contributed by atoms with Gasteiger partial charge in [0, 0.05) is 54.1 Å². The molecule has 0 bridgehead atoms. The van der Waals surface area contributed by atoms with Crippen molar-refractivity contribution in [3.63, 3.8) is 0 Å². The van der Waals surface area contributed by atoms with Crippen LogP contribution in [0.25, 0.3) is 10.9 Å². The maximum absolute atomic E-state index is 13.5. The lowest BCUT2D eigenvalue weighted by atomic mass is 9.77. The van der Waals surface area contributed by atoms with Crippen molar-refractivity contribution in [2.45, 2.75) is 19.3 Å². The molecule has 2 amide bonds. The van der Waals surface area contributed by atoms with Gasteiger partial charge in [-0.1, -0.05) is 29.8 Å². The zero-order valence-corrected chi connectivity index (χ0v) is 18.3. The molecule has 2 aromatic carbocycles. The molecule has 1 aromatic heterocycles. The summed E-state index contributed by atoms with van der Waals surface area (Å²) in [5.74, 6) is 0.252. The topological polar surface area (TPSA) is 77.6 Å². The van der Waals surface area contributed by atoms with Crippen LogP contribution in [-0.2, 0) is 11.8 Å². The Labute approximate surface area is 186 Å². The number of aromatic nitrogens is 1. The average molecular weight is 440 g/mol. The van der Waals surface area contributed by atoms with Crippen LogP contribution in [0.15, 0.2) is 54.7 Å². The fourth-order valence-electron chi connectivity index (χ4n) is 4.51. The van der Waals surface area contributed by atoms with E-state index in [4.69, 9.17) is 22.1 Å². The van der Waals surface area contributed by atoms with E-state index in [-0.39, 0.29) is 18.2 Å². The first-order valence-corrected chi connectivity index (χ1v) is 10.7. The molecule has 162 valence electrons. The van der Waals surface area contributed by atoms with Crippen LogP contribution in [0.2, 0.25) is 5.02 Å². The number of halogens is 1.